The van der Waals surface area contributed by atoms with Crippen molar-refractivity contribution in [2.75, 3.05) is 6.61 Å². The van der Waals surface area contributed by atoms with E-state index in [-0.39, 0.29) is 24.7 Å². The molecule has 0 bridgehead atoms. The van der Waals surface area contributed by atoms with Gasteiger partial charge in [-0.15, -0.1) is 0 Å². The summed E-state index contributed by atoms with van der Waals surface area (Å²) in [5.74, 6) is -3.16. The van der Waals surface area contributed by atoms with Crippen LogP contribution in [0.1, 0.15) is 40.5 Å². The molecule has 2 atom stereocenters. The quantitative estimate of drug-likeness (QED) is 0.350. The minimum atomic E-state index is -6.51. The molecule has 2 unspecified atom stereocenters. The van der Waals surface area contributed by atoms with Gasteiger partial charge in [-0.1, -0.05) is 27.7 Å². The van der Waals surface area contributed by atoms with E-state index < -0.39 is 52.1 Å². The summed E-state index contributed by atoms with van der Waals surface area (Å²) in [6.07, 6.45) is -11.6. The lowest BCUT2D eigenvalue weighted by molar-refractivity contribution is -0.263. The smallest absolute Gasteiger partial charge is 0.432 e. The predicted octanol–water partition coefficient (Wildman–Crippen LogP) is 3.15. The Morgan fingerprint density at radius 1 is 1.14 bits per heavy atom. The monoisotopic (exact) mass is 442 g/mol. The van der Waals surface area contributed by atoms with Crippen LogP contribution < -0.4 is 0 Å². The van der Waals surface area contributed by atoms with Crippen LogP contribution in [-0.4, -0.2) is 55.0 Å². The van der Waals surface area contributed by atoms with Gasteiger partial charge in [-0.25, -0.2) is 4.79 Å². The third kappa shape index (κ3) is 5.97. The second-order valence-corrected chi connectivity index (χ2v) is 8.91. The Morgan fingerprint density at radius 3 is 1.96 bits per heavy atom. The number of ether oxygens (including phenoxy) is 3. The van der Waals surface area contributed by atoms with Gasteiger partial charge in [0.05, 0.1) is 6.61 Å². The van der Waals surface area contributed by atoms with Crippen LogP contribution in [-0.2, 0) is 29.1 Å². The van der Waals surface area contributed by atoms with Crippen molar-refractivity contribution in [3.63, 3.8) is 0 Å². The normalized spacial score (nSPS) is 21.9. The van der Waals surface area contributed by atoms with Gasteiger partial charge in [-0.2, -0.15) is 30.4 Å². The molecule has 1 fully saturated rings. The van der Waals surface area contributed by atoms with Crippen LogP contribution in [0.5, 0.6) is 0 Å². The molecular weight excluding hydrogens is 419 g/mol. The molecule has 1 saturated heterocycles. The zero-order valence-electron chi connectivity index (χ0n) is 15.6. The first-order valence-electron chi connectivity index (χ1n) is 8.35. The molecule has 0 amide bonds. The maximum absolute atomic E-state index is 13.5. The van der Waals surface area contributed by atoms with Crippen molar-refractivity contribution in [1.29, 1.82) is 0 Å². The molecule has 0 aromatic heterocycles. The summed E-state index contributed by atoms with van der Waals surface area (Å²) in [6, 6.07) is 0. The zero-order chi connectivity index (χ0) is 22.1. The molecule has 0 saturated carbocycles. The lowest BCUT2D eigenvalue weighted by Crippen LogP contribution is -2.53. The molecule has 28 heavy (non-hydrogen) atoms. The van der Waals surface area contributed by atoms with Gasteiger partial charge in [0.1, 0.15) is 0 Å². The Hall–Kier alpha value is -1.05. The molecule has 0 aromatic carbocycles. The molecular formula is C15H23F5O7S. The summed E-state index contributed by atoms with van der Waals surface area (Å²) >= 11 is 0. The highest BCUT2D eigenvalue weighted by molar-refractivity contribution is 7.86. The lowest BCUT2D eigenvalue weighted by atomic mass is 9.94. The summed E-state index contributed by atoms with van der Waals surface area (Å²) in [6.45, 7) is 6.69. The lowest BCUT2D eigenvalue weighted by Gasteiger charge is -2.31. The van der Waals surface area contributed by atoms with E-state index in [0.717, 1.165) is 0 Å². The minimum Gasteiger partial charge on any atom is -0.443 e. The number of rotatable bonds is 8. The van der Waals surface area contributed by atoms with Crippen molar-refractivity contribution in [3.8, 4) is 0 Å². The molecule has 1 N–H and O–H groups in total. The molecule has 13 heteroatoms. The number of carbonyl (C=O) groups excluding carboxylic acids is 1. The molecule has 166 valence electrons. The van der Waals surface area contributed by atoms with Crippen molar-refractivity contribution in [2.24, 2.45) is 11.8 Å². The van der Waals surface area contributed by atoms with Gasteiger partial charge in [0.25, 0.3) is 6.10 Å². The first-order chi connectivity index (χ1) is 12.4. The largest absolute Gasteiger partial charge is 0.443 e. The maximum atomic E-state index is 13.5. The van der Waals surface area contributed by atoms with E-state index >= 15 is 0 Å². The fourth-order valence-electron chi connectivity index (χ4n) is 2.87. The molecule has 1 aliphatic heterocycles. The van der Waals surface area contributed by atoms with Gasteiger partial charge in [0.2, 0.25) is 0 Å². The SMILES string of the molecule is CC(C)CC1(CC(C)C)OCC(C(=O)OC(C(F)(F)F)C(F)(F)S(=O)(=O)O)O1. The fraction of sp³-hybridized carbons (Fsp3) is 0.933. The van der Waals surface area contributed by atoms with Crippen LogP contribution in [0.4, 0.5) is 22.0 Å². The molecule has 0 radical (unpaired) electrons. The maximum Gasteiger partial charge on any atom is 0.432 e. The topological polar surface area (TPSA) is 99.1 Å². The van der Waals surface area contributed by atoms with Crippen molar-refractivity contribution >= 4 is 16.1 Å². The molecule has 0 spiro atoms. The molecule has 0 aliphatic carbocycles. The van der Waals surface area contributed by atoms with Gasteiger partial charge in [0, 0.05) is 12.8 Å². The molecule has 7 nitrogen and oxygen atoms in total. The van der Waals surface area contributed by atoms with Gasteiger partial charge in [-0.3, -0.25) is 4.55 Å². The van der Waals surface area contributed by atoms with Gasteiger partial charge in [0.15, 0.2) is 11.9 Å². The summed E-state index contributed by atoms with van der Waals surface area (Å²) in [4.78, 5) is 12.0. The van der Waals surface area contributed by atoms with Crippen LogP contribution in [0.2, 0.25) is 0 Å². The average Bonchev–Trinajstić information content (AvgIpc) is 2.83. The Morgan fingerprint density at radius 2 is 1.61 bits per heavy atom. The summed E-state index contributed by atoms with van der Waals surface area (Å²) in [7, 11) is -6.51. The third-order valence-electron chi connectivity index (χ3n) is 3.74. The van der Waals surface area contributed by atoms with Crippen molar-refractivity contribution in [1.82, 2.24) is 0 Å². The Kier molecular flexibility index (Phi) is 7.46. The summed E-state index contributed by atoms with van der Waals surface area (Å²) < 4.78 is 110. The zero-order valence-corrected chi connectivity index (χ0v) is 16.4. The van der Waals surface area contributed by atoms with Gasteiger partial charge < -0.3 is 14.2 Å². The van der Waals surface area contributed by atoms with Crippen molar-refractivity contribution < 1.29 is 53.9 Å². The van der Waals surface area contributed by atoms with E-state index in [4.69, 9.17) is 14.0 Å². The van der Waals surface area contributed by atoms with E-state index in [9.17, 15) is 35.2 Å². The van der Waals surface area contributed by atoms with E-state index in [1.54, 1.807) is 0 Å². The van der Waals surface area contributed by atoms with E-state index in [0.29, 0.717) is 0 Å². The fourth-order valence-corrected chi connectivity index (χ4v) is 3.32. The Balaban J connectivity index is 3.04. The molecule has 1 rings (SSSR count). The van der Waals surface area contributed by atoms with Gasteiger partial charge in [-0.05, 0) is 11.8 Å². The predicted molar refractivity (Wildman–Crippen MR) is 84.9 cm³/mol. The van der Waals surface area contributed by atoms with Gasteiger partial charge >= 0.3 is 27.5 Å². The number of alkyl halides is 5. The Labute approximate surface area is 159 Å². The van der Waals surface area contributed by atoms with Crippen LogP contribution in [0, 0.1) is 11.8 Å². The van der Waals surface area contributed by atoms with Crippen molar-refractivity contribution in [2.45, 2.75) is 70.0 Å². The van der Waals surface area contributed by atoms with E-state index in [1.165, 1.54) is 0 Å². The number of esters is 1. The van der Waals surface area contributed by atoms with Crippen LogP contribution in [0.25, 0.3) is 0 Å². The highest BCUT2D eigenvalue weighted by Gasteiger charge is 2.66. The molecule has 0 aromatic rings. The van der Waals surface area contributed by atoms with Crippen LogP contribution in [0.15, 0.2) is 0 Å². The average molecular weight is 442 g/mol. The van der Waals surface area contributed by atoms with Crippen molar-refractivity contribution in [3.05, 3.63) is 0 Å². The summed E-state index contributed by atoms with van der Waals surface area (Å²) in [5, 5.41) is -5.80. The first-order valence-corrected chi connectivity index (χ1v) is 9.79. The third-order valence-corrected chi connectivity index (χ3v) is 4.64. The van der Waals surface area contributed by atoms with E-state index in [1.807, 2.05) is 27.7 Å². The number of halogens is 5. The van der Waals surface area contributed by atoms with E-state index in [2.05, 4.69) is 4.74 Å². The standard InChI is InChI=1S/C15H23F5O7S/c1-8(2)5-13(6-9(3)4)25-7-10(27-13)11(21)26-12(14(16,17)18)15(19,20)28(22,23)24/h8-10,12H,5-7H2,1-4H3,(H,22,23,24). The van der Waals surface area contributed by atoms with Crippen LogP contribution >= 0.6 is 0 Å². The second kappa shape index (κ2) is 8.36. The minimum absolute atomic E-state index is 0.0142. The highest BCUT2D eigenvalue weighted by Crippen LogP contribution is 2.40. The molecule has 1 aliphatic rings. The Bertz CT molecular complexity index is 650. The first kappa shape index (κ1) is 25.0. The summed E-state index contributed by atoms with van der Waals surface area (Å²) in [5.41, 5.74) is 0. The number of hydrogen-bond donors (Lipinski definition) is 1. The number of hydrogen-bond acceptors (Lipinski definition) is 6. The number of carbonyl (C=O) groups is 1. The molecule has 1 heterocycles. The second-order valence-electron chi connectivity index (χ2n) is 7.42. The highest BCUT2D eigenvalue weighted by atomic mass is 32.2. The van der Waals surface area contributed by atoms with Crippen LogP contribution in [0.3, 0.4) is 0 Å².